The van der Waals surface area contributed by atoms with Gasteiger partial charge in [-0.05, 0) is 38.0 Å². The predicted octanol–water partition coefficient (Wildman–Crippen LogP) is 4.06. The number of rotatable bonds is 8. The third-order valence-electron chi connectivity index (χ3n) is 3.62. The lowest BCUT2D eigenvalue weighted by Gasteiger charge is -2.14. The smallest absolute Gasteiger partial charge is 0.249 e. The van der Waals surface area contributed by atoms with E-state index in [1.54, 1.807) is 6.20 Å². The van der Waals surface area contributed by atoms with Gasteiger partial charge in [0.05, 0.1) is 18.0 Å². The van der Waals surface area contributed by atoms with Gasteiger partial charge < -0.3 is 15.4 Å². The summed E-state index contributed by atoms with van der Waals surface area (Å²) in [4.78, 5) is 4.47. The molecule has 26 heavy (non-hydrogen) atoms. The van der Waals surface area contributed by atoms with Gasteiger partial charge in [0.25, 0.3) is 0 Å². The van der Waals surface area contributed by atoms with Gasteiger partial charge in [-0.1, -0.05) is 42.5 Å². The lowest BCUT2D eigenvalue weighted by molar-refractivity contribution is 0.244. The van der Waals surface area contributed by atoms with Crippen LogP contribution in [0.2, 0.25) is 0 Å². The largest absolute Gasteiger partial charge is 0.489 e. The summed E-state index contributed by atoms with van der Waals surface area (Å²) >= 11 is 0. The van der Waals surface area contributed by atoms with E-state index >= 15 is 0 Å². The number of hydrogen-bond donors (Lipinski definition) is 2. The van der Waals surface area contributed by atoms with Crippen molar-refractivity contribution < 1.29 is 4.74 Å². The minimum Gasteiger partial charge on any atom is -0.489 e. The van der Waals surface area contributed by atoms with Crippen molar-refractivity contribution in [3.63, 3.8) is 0 Å². The predicted molar refractivity (Wildman–Crippen MR) is 104 cm³/mol. The molecule has 0 radical (unpaired) electrons. The average Bonchev–Trinajstić information content (AvgIpc) is 2.64. The summed E-state index contributed by atoms with van der Waals surface area (Å²) in [5.41, 5.74) is 2.09. The Hall–Kier alpha value is -3.15. The van der Waals surface area contributed by atoms with Gasteiger partial charge >= 0.3 is 0 Å². The van der Waals surface area contributed by atoms with E-state index in [1.807, 2.05) is 56.3 Å². The van der Waals surface area contributed by atoms with Crippen LogP contribution in [0.25, 0.3) is 0 Å². The number of nitrogens with one attached hydrogen (secondary N) is 2. The normalized spacial score (nSPS) is 10.6. The molecule has 0 fully saturated rings. The van der Waals surface area contributed by atoms with Crippen LogP contribution in [0.1, 0.15) is 19.4 Å². The van der Waals surface area contributed by atoms with Crippen molar-refractivity contribution >= 4 is 17.5 Å². The molecular formula is C20H23N5O. The summed E-state index contributed by atoms with van der Waals surface area (Å²) in [5.74, 6) is 1.86. The summed E-state index contributed by atoms with van der Waals surface area (Å²) < 4.78 is 5.81. The average molecular weight is 349 g/mol. The molecule has 0 aliphatic carbocycles. The first-order valence-corrected chi connectivity index (χ1v) is 8.71. The zero-order valence-corrected chi connectivity index (χ0v) is 15.0. The maximum Gasteiger partial charge on any atom is 0.249 e. The molecule has 2 N–H and O–H groups in total. The second-order valence-electron chi connectivity index (χ2n) is 6.12. The van der Waals surface area contributed by atoms with E-state index in [1.165, 1.54) is 5.56 Å². The number of anilines is 3. The summed E-state index contributed by atoms with van der Waals surface area (Å²) in [6.07, 6.45) is 2.62. The van der Waals surface area contributed by atoms with Crippen LogP contribution < -0.4 is 15.4 Å². The summed E-state index contributed by atoms with van der Waals surface area (Å²) in [5, 5.41) is 14.5. The SMILES string of the molecule is CC(C)Oc1ccccc1Nc1nncc(NCCc2ccccc2)n1. The van der Waals surface area contributed by atoms with Crippen LogP contribution in [-0.4, -0.2) is 27.8 Å². The van der Waals surface area contributed by atoms with Crippen molar-refractivity contribution in [2.45, 2.75) is 26.4 Å². The highest BCUT2D eigenvalue weighted by Gasteiger charge is 2.07. The number of hydrogen-bond acceptors (Lipinski definition) is 6. The minimum absolute atomic E-state index is 0.0861. The highest BCUT2D eigenvalue weighted by molar-refractivity contribution is 5.62. The van der Waals surface area contributed by atoms with Gasteiger partial charge in [-0.3, -0.25) is 0 Å². The summed E-state index contributed by atoms with van der Waals surface area (Å²) in [6, 6.07) is 18.0. The van der Waals surface area contributed by atoms with Crippen molar-refractivity contribution in [2.75, 3.05) is 17.2 Å². The number of benzene rings is 2. The van der Waals surface area contributed by atoms with E-state index in [0.717, 1.165) is 24.4 Å². The van der Waals surface area contributed by atoms with Crippen LogP contribution in [0.5, 0.6) is 5.75 Å². The maximum absolute atomic E-state index is 5.81. The molecule has 0 bridgehead atoms. The van der Waals surface area contributed by atoms with Crippen molar-refractivity contribution in [3.05, 3.63) is 66.4 Å². The van der Waals surface area contributed by atoms with E-state index in [0.29, 0.717) is 11.8 Å². The maximum atomic E-state index is 5.81. The third kappa shape index (κ3) is 5.17. The lowest BCUT2D eigenvalue weighted by atomic mass is 10.1. The van der Waals surface area contributed by atoms with Gasteiger partial charge in [0.2, 0.25) is 5.95 Å². The Morgan fingerprint density at radius 3 is 2.58 bits per heavy atom. The van der Waals surface area contributed by atoms with Crippen LogP contribution in [0.15, 0.2) is 60.8 Å². The molecule has 0 aliphatic heterocycles. The highest BCUT2D eigenvalue weighted by atomic mass is 16.5. The van der Waals surface area contributed by atoms with Gasteiger partial charge in [-0.15, -0.1) is 5.10 Å². The molecule has 1 heterocycles. The molecule has 134 valence electrons. The molecule has 0 saturated heterocycles. The lowest BCUT2D eigenvalue weighted by Crippen LogP contribution is -2.10. The molecule has 1 aromatic heterocycles. The monoisotopic (exact) mass is 349 g/mol. The number of nitrogens with zero attached hydrogens (tertiary/aromatic N) is 3. The van der Waals surface area contributed by atoms with E-state index in [-0.39, 0.29) is 6.10 Å². The minimum atomic E-state index is 0.0861. The molecule has 0 unspecified atom stereocenters. The van der Waals surface area contributed by atoms with Crippen molar-refractivity contribution in [1.29, 1.82) is 0 Å². The molecule has 0 spiro atoms. The standard InChI is InChI=1S/C20H23N5O/c1-15(2)26-18-11-7-6-10-17(18)23-20-24-19(14-22-25-20)21-13-12-16-8-4-3-5-9-16/h3-11,14-15H,12-13H2,1-2H3,(H2,21,23,24,25). The zero-order chi connectivity index (χ0) is 18.2. The molecule has 0 atom stereocenters. The zero-order valence-electron chi connectivity index (χ0n) is 15.0. The molecular weight excluding hydrogens is 326 g/mol. The van der Waals surface area contributed by atoms with Crippen LogP contribution in [0, 0.1) is 0 Å². The molecule has 2 aromatic carbocycles. The van der Waals surface area contributed by atoms with E-state index in [9.17, 15) is 0 Å². The second kappa shape index (κ2) is 8.80. The number of aromatic nitrogens is 3. The van der Waals surface area contributed by atoms with Crippen molar-refractivity contribution in [1.82, 2.24) is 15.2 Å². The Morgan fingerprint density at radius 2 is 1.77 bits per heavy atom. The van der Waals surface area contributed by atoms with Crippen LogP contribution in [0.3, 0.4) is 0 Å². The molecule has 6 nitrogen and oxygen atoms in total. The Balaban J connectivity index is 1.62. The fourth-order valence-corrected chi connectivity index (χ4v) is 2.47. The molecule has 3 aromatic rings. The fourth-order valence-electron chi connectivity index (χ4n) is 2.47. The number of ether oxygens (including phenoxy) is 1. The Kier molecular flexibility index (Phi) is 5.98. The van der Waals surface area contributed by atoms with Crippen molar-refractivity contribution in [3.8, 4) is 5.75 Å². The third-order valence-corrected chi connectivity index (χ3v) is 3.62. The highest BCUT2D eigenvalue weighted by Crippen LogP contribution is 2.27. The van der Waals surface area contributed by atoms with Crippen LogP contribution >= 0.6 is 0 Å². The quantitative estimate of drug-likeness (QED) is 0.639. The summed E-state index contributed by atoms with van der Waals surface area (Å²) in [7, 11) is 0. The topological polar surface area (TPSA) is 72.0 Å². The second-order valence-corrected chi connectivity index (χ2v) is 6.12. The molecule has 3 rings (SSSR count). The van der Waals surface area contributed by atoms with Gasteiger partial charge in [0.1, 0.15) is 5.75 Å². The Labute approximate surface area is 153 Å². The molecule has 0 amide bonds. The van der Waals surface area contributed by atoms with Gasteiger partial charge in [0.15, 0.2) is 5.82 Å². The van der Waals surface area contributed by atoms with Gasteiger partial charge in [-0.25, -0.2) is 0 Å². The van der Waals surface area contributed by atoms with E-state index in [2.05, 4.69) is 37.9 Å². The van der Waals surface area contributed by atoms with E-state index in [4.69, 9.17) is 4.74 Å². The fraction of sp³-hybridized carbons (Fsp3) is 0.250. The van der Waals surface area contributed by atoms with E-state index < -0.39 is 0 Å². The first kappa shape index (κ1) is 17.7. The number of para-hydroxylation sites is 2. The molecule has 0 aliphatic rings. The Bertz CT molecular complexity index is 823. The van der Waals surface area contributed by atoms with Crippen LogP contribution in [0.4, 0.5) is 17.5 Å². The van der Waals surface area contributed by atoms with Crippen molar-refractivity contribution in [2.24, 2.45) is 0 Å². The Morgan fingerprint density at radius 1 is 1.00 bits per heavy atom. The molecule has 6 heteroatoms. The van der Waals surface area contributed by atoms with Gasteiger partial charge in [-0.2, -0.15) is 10.1 Å². The first-order valence-electron chi connectivity index (χ1n) is 8.71. The summed E-state index contributed by atoms with van der Waals surface area (Å²) in [6.45, 7) is 4.76. The van der Waals surface area contributed by atoms with Crippen LogP contribution in [-0.2, 0) is 6.42 Å². The van der Waals surface area contributed by atoms with Gasteiger partial charge in [0, 0.05) is 6.54 Å². The first-order chi connectivity index (χ1) is 12.7. The molecule has 0 saturated carbocycles.